The Balaban J connectivity index is 0.00000420. The Morgan fingerprint density at radius 2 is 1.83 bits per heavy atom. The Bertz CT molecular complexity index is 794. The molecule has 0 aliphatic heterocycles. The number of nitrogens with one attached hydrogen (secondary N) is 2. The second kappa shape index (κ2) is 13.0. The van der Waals surface area contributed by atoms with Crippen molar-refractivity contribution in [2.45, 2.75) is 26.6 Å². The van der Waals surface area contributed by atoms with Crippen molar-refractivity contribution in [1.82, 2.24) is 15.6 Å². The van der Waals surface area contributed by atoms with Gasteiger partial charge >= 0.3 is 6.61 Å². The number of ether oxygens (including phenoxy) is 3. The van der Waals surface area contributed by atoms with Crippen LogP contribution in [0.2, 0.25) is 0 Å². The SMILES string of the molecule is CCOc1cccc(CNC(=NC)NCc2cccnc2OC)c1OC(F)F.I. The van der Waals surface area contributed by atoms with Gasteiger partial charge < -0.3 is 24.8 Å². The molecule has 0 aliphatic rings. The van der Waals surface area contributed by atoms with Gasteiger partial charge in [-0.05, 0) is 19.1 Å². The lowest BCUT2D eigenvalue weighted by Crippen LogP contribution is -2.36. The standard InChI is InChI=1S/C19H24F2N4O3.HI/c1-4-27-15-9-5-7-13(16(15)28-18(20)21)11-24-19(22-2)25-12-14-8-6-10-23-17(14)26-3;/h5-10,18H,4,11-12H2,1-3H3,(H2,22,24,25);1H. The number of aliphatic imine (C=N–C) groups is 1. The lowest BCUT2D eigenvalue weighted by atomic mass is 10.2. The van der Waals surface area contributed by atoms with Gasteiger partial charge in [-0.25, -0.2) is 4.98 Å². The van der Waals surface area contributed by atoms with E-state index in [0.29, 0.717) is 30.6 Å². The molecule has 1 aromatic carbocycles. The first-order valence-corrected chi connectivity index (χ1v) is 8.70. The summed E-state index contributed by atoms with van der Waals surface area (Å²) in [6.07, 6.45) is 1.64. The van der Waals surface area contributed by atoms with E-state index in [9.17, 15) is 8.78 Å². The number of nitrogens with zero attached hydrogens (tertiary/aromatic N) is 2. The number of hydrogen-bond donors (Lipinski definition) is 2. The molecule has 2 rings (SSSR count). The van der Waals surface area contributed by atoms with Crippen molar-refractivity contribution in [2.75, 3.05) is 20.8 Å². The van der Waals surface area contributed by atoms with Crippen LogP contribution in [-0.2, 0) is 13.1 Å². The minimum atomic E-state index is -2.95. The van der Waals surface area contributed by atoms with Crippen LogP contribution in [0.3, 0.4) is 0 Å². The largest absolute Gasteiger partial charge is 0.490 e. The van der Waals surface area contributed by atoms with Gasteiger partial charge in [0.1, 0.15) is 0 Å². The Labute approximate surface area is 185 Å². The predicted molar refractivity (Wildman–Crippen MR) is 117 cm³/mol. The van der Waals surface area contributed by atoms with E-state index >= 15 is 0 Å². The number of benzene rings is 1. The summed E-state index contributed by atoms with van der Waals surface area (Å²) in [5.41, 5.74) is 1.38. The zero-order valence-electron chi connectivity index (χ0n) is 16.4. The number of aromatic nitrogens is 1. The molecule has 0 bridgehead atoms. The van der Waals surface area contributed by atoms with Crippen molar-refractivity contribution in [3.05, 3.63) is 47.7 Å². The van der Waals surface area contributed by atoms with Gasteiger partial charge in [-0.2, -0.15) is 8.78 Å². The number of halogens is 3. The maximum absolute atomic E-state index is 12.8. The van der Waals surface area contributed by atoms with Crippen LogP contribution >= 0.6 is 24.0 Å². The molecule has 29 heavy (non-hydrogen) atoms. The van der Waals surface area contributed by atoms with Crippen molar-refractivity contribution in [2.24, 2.45) is 4.99 Å². The van der Waals surface area contributed by atoms with E-state index in [4.69, 9.17) is 9.47 Å². The van der Waals surface area contributed by atoms with Gasteiger partial charge in [-0.15, -0.1) is 24.0 Å². The maximum atomic E-state index is 12.8. The summed E-state index contributed by atoms with van der Waals surface area (Å²) in [7, 11) is 3.16. The average Bonchev–Trinajstić information content (AvgIpc) is 2.70. The van der Waals surface area contributed by atoms with Crippen molar-refractivity contribution < 1.29 is 23.0 Å². The highest BCUT2D eigenvalue weighted by Gasteiger charge is 2.16. The van der Waals surface area contributed by atoms with Gasteiger partial charge in [-0.1, -0.05) is 18.2 Å². The molecule has 0 spiro atoms. The molecular formula is C19H25F2IN4O3. The van der Waals surface area contributed by atoms with Gasteiger partial charge in [0, 0.05) is 37.5 Å². The van der Waals surface area contributed by atoms with Crippen LogP contribution in [0.4, 0.5) is 8.78 Å². The molecule has 0 unspecified atom stereocenters. The van der Waals surface area contributed by atoms with Crippen LogP contribution < -0.4 is 24.8 Å². The number of hydrogen-bond acceptors (Lipinski definition) is 5. The molecule has 0 radical (unpaired) electrons. The summed E-state index contributed by atoms with van der Waals surface area (Å²) in [5, 5.41) is 6.20. The van der Waals surface area contributed by atoms with E-state index in [0.717, 1.165) is 5.56 Å². The molecule has 0 saturated carbocycles. The second-order valence-electron chi connectivity index (χ2n) is 5.51. The van der Waals surface area contributed by atoms with Gasteiger partial charge in [0.2, 0.25) is 5.88 Å². The topological polar surface area (TPSA) is 77.0 Å². The van der Waals surface area contributed by atoms with Gasteiger partial charge in [-0.3, -0.25) is 4.99 Å². The molecule has 0 amide bonds. The highest BCUT2D eigenvalue weighted by atomic mass is 127. The smallest absolute Gasteiger partial charge is 0.387 e. The first kappa shape index (κ1) is 24.7. The summed E-state index contributed by atoms with van der Waals surface area (Å²) in [4.78, 5) is 8.27. The number of rotatable bonds is 9. The predicted octanol–water partition coefficient (Wildman–Crippen LogP) is 3.57. The fourth-order valence-corrected chi connectivity index (χ4v) is 2.51. The summed E-state index contributed by atoms with van der Waals surface area (Å²) in [6.45, 7) is -0.193. The highest BCUT2D eigenvalue weighted by molar-refractivity contribution is 14.0. The highest BCUT2D eigenvalue weighted by Crippen LogP contribution is 2.32. The number of methoxy groups -OCH3 is 1. The van der Waals surface area contributed by atoms with Crippen LogP contribution in [0, 0.1) is 0 Å². The van der Waals surface area contributed by atoms with E-state index in [-0.39, 0.29) is 42.0 Å². The van der Waals surface area contributed by atoms with Crippen LogP contribution in [0.5, 0.6) is 17.4 Å². The van der Waals surface area contributed by atoms with Crippen LogP contribution in [0.15, 0.2) is 41.5 Å². The molecule has 160 valence electrons. The van der Waals surface area contributed by atoms with Crippen LogP contribution in [0.1, 0.15) is 18.1 Å². The minimum absolute atomic E-state index is 0. The zero-order valence-corrected chi connectivity index (χ0v) is 18.8. The molecular weight excluding hydrogens is 497 g/mol. The molecule has 7 nitrogen and oxygen atoms in total. The summed E-state index contributed by atoms with van der Waals surface area (Å²) >= 11 is 0. The Hall–Kier alpha value is -2.37. The Kier molecular flexibility index (Phi) is 11.0. The third-order valence-corrected chi connectivity index (χ3v) is 3.73. The van der Waals surface area contributed by atoms with E-state index in [1.54, 1.807) is 45.5 Å². The summed E-state index contributed by atoms with van der Waals surface area (Å²) in [6, 6.07) is 8.68. The lowest BCUT2D eigenvalue weighted by molar-refractivity contribution is -0.0520. The third kappa shape index (κ3) is 7.52. The lowest BCUT2D eigenvalue weighted by Gasteiger charge is -2.17. The third-order valence-electron chi connectivity index (χ3n) is 3.73. The van der Waals surface area contributed by atoms with Crippen LogP contribution in [-0.4, -0.2) is 38.3 Å². The fraction of sp³-hybridized carbons (Fsp3) is 0.368. The molecule has 0 atom stereocenters. The van der Waals surface area contributed by atoms with Crippen molar-refractivity contribution in [3.63, 3.8) is 0 Å². The maximum Gasteiger partial charge on any atom is 0.387 e. The Morgan fingerprint density at radius 3 is 2.45 bits per heavy atom. The van der Waals surface area contributed by atoms with E-state index < -0.39 is 6.61 Å². The van der Waals surface area contributed by atoms with Gasteiger partial charge in [0.05, 0.1) is 13.7 Å². The second-order valence-corrected chi connectivity index (χ2v) is 5.51. The number of alkyl halides is 2. The first-order chi connectivity index (χ1) is 13.6. The van der Waals surface area contributed by atoms with Crippen molar-refractivity contribution in [3.8, 4) is 17.4 Å². The summed E-state index contributed by atoms with van der Waals surface area (Å²) in [5.74, 6) is 1.28. The van der Waals surface area contributed by atoms with E-state index in [1.807, 2.05) is 12.1 Å². The van der Waals surface area contributed by atoms with Crippen molar-refractivity contribution >= 4 is 29.9 Å². The van der Waals surface area contributed by atoms with E-state index in [1.165, 1.54) is 0 Å². The first-order valence-electron chi connectivity index (χ1n) is 8.70. The molecule has 0 fully saturated rings. The number of para-hydroxylation sites is 1. The average molecular weight is 522 g/mol. The van der Waals surface area contributed by atoms with Gasteiger partial charge in [0.15, 0.2) is 17.5 Å². The molecule has 10 heteroatoms. The summed E-state index contributed by atoms with van der Waals surface area (Å²) < 4.78 is 40.9. The number of pyridine rings is 1. The van der Waals surface area contributed by atoms with Gasteiger partial charge in [0.25, 0.3) is 0 Å². The number of guanidine groups is 1. The fourth-order valence-electron chi connectivity index (χ4n) is 2.51. The normalized spacial score (nSPS) is 10.9. The molecule has 1 heterocycles. The molecule has 1 aromatic heterocycles. The monoisotopic (exact) mass is 522 g/mol. The van der Waals surface area contributed by atoms with Crippen LogP contribution in [0.25, 0.3) is 0 Å². The Morgan fingerprint density at radius 1 is 1.14 bits per heavy atom. The molecule has 0 aliphatic carbocycles. The van der Waals surface area contributed by atoms with E-state index in [2.05, 4.69) is 25.3 Å². The quantitative estimate of drug-likeness (QED) is 0.298. The molecule has 2 aromatic rings. The minimum Gasteiger partial charge on any atom is -0.490 e. The molecule has 0 saturated heterocycles. The molecule has 2 N–H and O–H groups in total. The van der Waals surface area contributed by atoms with Crippen molar-refractivity contribution in [1.29, 1.82) is 0 Å². The zero-order chi connectivity index (χ0) is 20.4.